The zero-order valence-corrected chi connectivity index (χ0v) is 16.8. The van der Waals surface area contributed by atoms with E-state index in [4.69, 9.17) is 0 Å². The maximum absolute atomic E-state index is 12.2. The molecular formula is C27H29NO. The van der Waals surface area contributed by atoms with Crippen molar-refractivity contribution < 1.29 is 5.11 Å². The van der Waals surface area contributed by atoms with Gasteiger partial charge in [0.2, 0.25) is 0 Å². The van der Waals surface area contributed by atoms with Gasteiger partial charge in [-0.25, -0.2) is 0 Å². The summed E-state index contributed by atoms with van der Waals surface area (Å²) in [5.74, 6) is 0.838. The van der Waals surface area contributed by atoms with Crippen molar-refractivity contribution in [2.24, 2.45) is 5.92 Å². The van der Waals surface area contributed by atoms with E-state index in [-0.39, 0.29) is 5.92 Å². The molecule has 3 aromatic carbocycles. The smallest absolute Gasteiger partial charge is 0.117 e. The molecule has 0 aromatic heterocycles. The van der Waals surface area contributed by atoms with Gasteiger partial charge in [-0.3, -0.25) is 4.90 Å². The molecule has 2 nitrogen and oxygen atoms in total. The molecule has 148 valence electrons. The summed E-state index contributed by atoms with van der Waals surface area (Å²) in [4.78, 5) is 2.66. The summed E-state index contributed by atoms with van der Waals surface area (Å²) in [7, 11) is 0. The Morgan fingerprint density at radius 1 is 0.724 bits per heavy atom. The van der Waals surface area contributed by atoms with E-state index >= 15 is 0 Å². The SMILES string of the molecule is OC(c1ccccc1)(c1ccccc1)[C@H]1CCN2C[C@@H](c3ccccc3)C[C@@H]2C1. The quantitative estimate of drug-likeness (QED) is 0.670. The van der Waals surface area contributed by atoms with Gasteiger partial charge in [0.05, 0.1) is 0 Å². The van der Waals surface area contributed by atoms with Gasteiger partial charge in [0.15, 0.2) is 0 Å². The van der Waals surface area contributed by atoms with Crippen molar-refractivity contribution in [3.05, 3.63) is 108 Å². The monoisotopic (exact) mass is 383 g/mol. The zero-order valence-electron chi connectivity index (χ0n) is 16.8. The molecule has 3 aromatic rings. The molecule has 2 aliphatic heterocycles. The number of hydrogen-bond acceptors (Lipinski definition) is 2. The maximum Gasteiger partial charge on any atom is 0.117 e. The second kappa shape index (κ2) is 7.78. The standard InChI is InChI=1S/C27H29NO/c29-27(23-12-6-2-7-13-23,24-14-8-3-9-15-24)25-16-17-28-20-22(18-26(28)19-25)21-10-4-1-5-11-21/h1-15,22,25-26,29H,16-20H2/t22-,25-,26+/m0/s1. The molecular weight excluding hydrogens is 354 g/mol. The number of benzene rings is 3. The Morgan fingerprint density at radius 2 is 1.28 bits per heavy atom. The third-order valence-electron chi connectivity index (χ3n) is 7.14. The van der Waals surface area contributed by atoms with Gasteiger partial charge in [0.1, 0.15) is 5.60 Å². The number of piperidine rings is 1. The third-order valence-corrected chi connectivity index (χ3v) is 7.14. The van der Waals surface area contributed by atoms with E-state index in [0.29, 0.717) is 12.0 Å². The second-order valence-electron chi connectivity index (χ2n) is 8.71. The Balaban J connectivity index is 1.44. The van der Waals surface area contributed by atoms with Crippen molar-refractivity contribution in [1.29, 1.82) is 0 Å². The van der Waals surface area contributed by atoms with Crippen LogP contribution in [0.15, 0.2) is 91.0 Å². The molecule has 1 N–H and O–H groups in total. The lowest BCUT2D eigenvalue weighted by molar-refractivity contribution is -0.0232. The summed E-state index contributed by atoms with van der Waals surface area (Å²) in [6, 6.07) is 32.0. The first-order chi connectivity index (χ1) is 14.2. The Morgan fingerprint density at radius 3 is 1.86 bits per heavy atom. The number of rotatable bonds is 4. The van der Waals surface area contributed by atoms with E-state index in [0.717, 1.165) is 37.1 Å². The highest BCUT2D eigenvalue weighted by Crippen LogP contribution is 2.46. The van der Waals surface area contributed by atoms with Crippen LogP contribution in [0.5, 0.6) is 0 Å². The predicted octanol–water partition coefficient (Wildman–Crippen LogP) is 5.19. The van der Waals surface area contributed by atoms with Gasteiger partial charge in [0, 0.05) is 12.6 Å². The van der Waals surface area contributed by atoms with Gasteiger partial charge in [-0.05, 0) is 54.3 Å². The van der Waals surface area contributed by atoms with Gasteiger partial charge in [-0.15, -0.1) is 0 Å². The largest absolute Gasteiger partial charge is 0.380 e. The van der Waals surface area contributed by atoms with Crippen molar-refractivity contribution >= 4 is 0 Å². The lowest BCUT2D eigenvalue weighted by Gasteiger charge is -2.44. The normalized spacial score (nSPS) is 24.9. The van der Waals surface area contributed by atoms with E-state index in [2.05, 4.69) is 59.5 Å². The Bertz CT molecular complexity index is 885. The average Bonchev–Trinajstić information content (AvgIpc) is 3.24. The summed E-state index contributed by atoms with van der Waals surface area (Å²) in [5.41, 5.74) is 2.56. The molecule has 2 aliphatic rings. The molecule has 5 rings (SSSR count). The van der Waals surface area contributed by atoms with Crippen LogP contribution in [-0.2, 0) is 5.60 Å². The number of aliphatic hydroxyl groups is 1. The molecule has 0 spiro atoms. The van der Waals surface area contributed by atoms with Crippen molar-refractivity contribution in [2.45, 2.75) is 36.8 Å². The van der Waals surface area contributed by atoms with Gasteiger partial charge >= 0.3 is 0 Å². The first-order valence-corrected chi connectivity index (χ1v) is 10.9. The lowest BCUT2D eigenvalue weighted by Crippen LogP contribution is -2.46. The van der Waals surface area contributed by atoms with Crippen LogP contribution in [0, 0.1) is 5.92 Å². The van der Waals surface area contributed by atoms with Crippen molar-refractivity contribution in [3.8, 4) is 0 Å². The first-order valence-electron chi connectivity index (χ1n) is 10.9. The molecule has 0 bridgehead atoms. The van der Waals surface area contributed by atoms with Gasteiger partial charge in [-0.2, -0.15) is 0 Å². The molecule has 0 saturated carbocycles. The molecule has 2 heteroatoms. The highest BCUT2D eigenvalue weighted by molar-refractivity contribution is 5.37. The summed E-state index contributed by atoms with van der Waals surface area (Å²) in [6.07, 6.45) is 3.27. The van der Waals surface area contributed by atoms with E-state index in [9.17, 15) is 5.11 Å². The first kappa shape index (κ1) is 18.6. The topological polar surface area (TPSA) is 23.5 Å². The molecule has 2 heterocycles. The van der Waals surface area contributed by atoms with Crippen LogP contribution >= 0.6 is 0 Å². The molecule has 0 aliphatic carbocycles. The minimum Gasteiger partial charge on any atom is -0.380 e. The van der Waals surface area contributed by atoms with Gasteiger partial charge in [0.25, 0.3) is 0 Å². The minimum atomic E-state index is -0.931. The molecule has 0 unspecified atom stereocenters. The number of fused-ring (bicyclic) bond motifs is 1. The lowest BCUT2D eigenvalue weighted by atomic mass is 9.70. The van der Waals surface area contributed by atoms with E-state index in [1.807, 2.05) is 36.4 Å². The second-order valence-corrected chi connectivity index (χ2v) is 8.71. The summed E-state index contributed by atoms with van der Waals surface area (Å²) in [6.45, 7) is 2.22. The van der Waals surface area contributed by atoms with Crippen LogP contribution in [0.1, 0.15) is 41.9 Å². The highest BCUT2D eigenvalue weighted by atomic mass is 16.3. The maximum atomic E-state index is 12.2. The van der Waals surface area contributed by atoms with Crippen LogP contribution in [0.2, 0.25) is 0 Å². The van der Waals surface area contributed by atoms with Crippen molar-refractivity contribution in [2.75, 3.05) is 13.1 Å². The van der Waals surface area contributed by atoms with Crippen LogP contribution in [0.3, 0.4) is 0 Å². The molecule has 29 heavy (non-hydrogen) atoms. The summed E-state index contributed by atoms with van der Waals surface area (Å²) >= 11 is 0. The average molecular weight is 384 g/mol. The molecule has 0 radical (unpaired) electrons. The zero-order chi connectivity index (χ0) is 19.7. The minimum absolute atomic E-state index is 0.225. The van der Waals surface area contributed by atoms with Crippen molar-refractivity contribution in [1.82, 2.24) is 4.90 Å². The number of hydrogen-bond donors (Lipinski definition) is 1. The van der Waals surface area contributed by atoms with Crippen LogP contribution in [0.4, 0.5) is 0 Å². The van der Waals surface area contributed by atoms with E-state index in [1.165, 1.54) is 12.0 Å². The predicted molar refractivity (Wildman–Crippen MR) is 118 cm³/mol. The summed E-state index contributed by atoms with van der Waals surface area (Å²) in [5, 5.41) is 12.2. The molecule has 2 saturated heterocycles. The fourth-order valence-electron chi connectivity index (χ4n) is 5.64. The third kappa shape index (κ3) is 3.41. The van der Waals surface area contributed by atoms with Crippen LogP contribution in [-0.4, -0.2) is 29.1 Å². The Hall–Kier alpha value is -2.42. The fourth-order valence-corrected chi connectivity index (χ4v) is 5.64. The van der Waals surface area contributed by atoms with Gasteiger partial charge in [-0.1, -0.05) is 91.0 Å². The Labute approximate surface area is 173 Å². The van der Waals surface area contributed by atoms with E-state index < -0.39 is 5.60 Å². The van der Waals surface area contributed by atoms with Crippen LogP contribution < -0.4 is 0 Å². The van der Waals surface area contributed by atoms with Gasteiger partial charge < -0.3 is 5.11 Å². The Kier molecular flexibility index (Phi) is 4.99. The highest BCUT2D eigenvalue weighted by Gasteiger charge is 2.46. The molecule has 3 atom stereocenters. The van der Waals surface area contributed by atoms with Crippen LogP contribution in [0.25, 0.3) is 0 Å². The number of nitrogens with zero attached hydrogens (tertiary/aromatic N) is 1. The van der Waals surface area contributed by atoms with Crippen molar-refractivity contribution in [3.63, 3.8) is 0 Å². The summed E-state index contributed by atoms with van der Waals surface area (Å²) < 4.78 is 0. The molecule has 2 fully saturated rings. The van der Waals surface area contributed by atoms with E-state index in [1.54, 1.807) is 0 Å². The molecule has 0 amide bonds. The fraction of sp³-hybridized carbons (Fsp3) is 0.333.